The van der Waals surface area contributed by atoms with E-state index in [1.54, 1.807) is 5.82 Å². The van der Waals surface area contributed by atoms with Crippen molar-refractivity contribution < 1.29 is 13.6 Å². The van der Waals surface area contributed by atoms with Gasteiger partial charge in [-0.25, -0.2) is 4.57 Å². The van der Waals surface area contributed by atoms with Gasteiger partial charge in [-0.1, -0.05) is 36.4 Å². The van der Waals surface area contributed by atoms with Crippen molar-refractivity contribution in [2.24, 2.45) is 0 Å². The van der Waals surface area contributed by atoms with E-state index in [0.717, 1.165) is 36.0 Å². The van der Waals surface area contributed by atoms with Crippen molar-refractivity contribution in [3.63, 3.8) is 0 Å². The van der Waals surface area contributed by atoms with Gasteiger partial charge in [0, 0.05) is 5.82 Å². The fourth-order valence-electron chi connectivity index (χ4n) is 2.78. The average Bonchev–Trinajstić information content (AvgIpc) is 2.56. The predicted octanol–water partition coefficient (Wildman–Crippen LogP) is 5.67. The van der Waals surface area contributed by atoms with Crippen LogP contribution in [-0.2, 0) is 13.6 Å². The van der Waals surface area contributed by atoms with Crippen molar-refractivity contribution in [1.82, 2.24) is 0 Å². The quantitative estimate of drug-likeness (QED) is 0.671. The monoisotopic (exact) mass is 316 g/mol. The highest BCUT2D eigenvalue weighted by Crippen LogP contribution is 2.57. The minimum Gasteiger partial charge on any atom is -0.421 e. The van der Waals surface area contributed by atoms with Gasteiger partial charge in [-0.15, -0.1) is 0 Å². The van der Waals surface area contributed by atoms with Crippen molar-refractivity contribution >= 4 is 13.2 Å². The summed E-state index contributed by atoms with van der Waals surface area (Å²) in [4.78, 5) is 0. The molecular formula is C18H21O3P. The summed E-state index contributed by atoms with van der Waals surface area (Å²) in [7, 11) is -3.23. The lowest BCUT2D eigenvalue weighted by molar-refractivity contribution is 0.259. The number of hydrogen-bond donors (Lipinski definition) is 0. The summed E-state index contributed by atoms with van der Waals surface area (Å²) in [6, 6.07) is 9.95. The Morgan fingerprint density at radius 3 is 2.73 bits per heavy atom. The van der Waals surface area contributed by atoms with Crippen molar-refractivity contribution in [2.75, 3.05) is 6.61 Å². The fraction of sp³-hybridized carbons (Fsp3) is 0.333. The lowest BCUT2D eigenvalue weighted by Gasteiger charge is -2.25. The molecule has 1 heterocycles. The van der Waals surface area contributed by atoms with Crippen LogP contribution in [0.3, 0.4) is 0 Å². The van der Waals surface area contributed by atoms with E-state index in [2.05, 4.69) is 6.08 Å². The molecule has 0 saturated heterocycles. The Morgan fingerprint density at radius 2 is 2.05 bits per heavy atom. The zero-order valence-corrected chi connectivity index (χ0v) is 13.7. The highest BCUT2D eigenvalue weighted by Gasteiger charge is 2.30. The number of allylic oxidation sites excluding steroid dienone is 4. The summed E-state index contributed by atoms with van der Waals surface area (Å²) in [5.74, 6) is 2.34. The van der Waals surface area contributed by atoms with Crippen LogP contribution in [-0.4, -0.2) is 6.61 Å². The molecule has 1 aliphatic heterocycles. The molecule has 3 nitrogen and oxygen atoms in total. The molecule has 0 saturated carbocycles. The second-order valence-corrected chi connectivity index (χ2v) is 7.26. The van der Waals surface area contributed by atoms with Gasteiger partial charge in [0.15, 0.2) is 0 Å². The SMILES string of the molecule is CCOP1(=O)C=C(c2ccccc2)C=C(C2=CCCCC2)O1. The summed E-state index contributed by atoms with van der Waals surface area (Å²) >= 11 is 0. The van der Waals surface area contributed by atoms with Crippen molar-refractivity contribution in [2.45, 2.75) is 32.6 Å². The maximum atomic E-state index is 12.9. The van der Waals surface area contributed by atoms with Gasteiger partial charge < -0.3 is 4.52 Å². The molecular weight excluding hydrogens is 295 g/mol. The largest absolute Gasteiger partial charge is 0.421 e. The molecule has 3 rings (SSSR count). The fourth-order valence-corrected chi connectivity index (χ4v) is 4.33. The van der Waals surface area contributed by atoms with E-state index in [0.29, 0.717) is 12.4 Å². The Hall–Kier alpha value is -1.57. The summed E-state index contributed by atoms with van der Waals surface area (Å²) in [5, 5.41) is 0. The molecule has 1 aromatic rings. The summed E-state index contributed by atoms with van der Waals surface area (Å²) in [6.45, 7) is 2.19. The molecule has 1 aliphatic carbocycles. The molecule has 1 unspecified atom stereocenters. The average molecular weight is 316 g/mol. The molecule has 2 aliphatic rings. The van der Waals surface area contributed by atoms with E-state index in [9.17, 15) is 4.57 Å². The number of hydrogen-bond acceptors (Lipinski definition) is 3. The highest BCUT2D eigenvalue weighted by molar-refractivity contribution is 7.57. The smallest absolute Gasteiger partial charge is 0.404 e. The molecule has 0 amide bonds. The Balaban J connectivity index is 2.00. The first kappa shape index (κ1) is 15.3. The maximum Gasteiger partial charge on any atom is 0.404 e. The zero-order valence-electron chi connectivity index (χ0n) is 12.8. The van der Waals surface area contributed by atoms with E-state index in [-0.39, 0.29) is 0 Å². The first-order chi connectivity index (χ1) is 10.7. The standard InChI is InChI=1S/C18H21O3P/c1-2-20-22(19)14-17(15-9-5-3-6-10-15)13-18(21-22)16-11-7-4-8-12-16/h3,5-6,9-11,13-14H,2,4,7-8,12H2,1H3. The molecule has 1 aromatic carbocycles. The van der Waals surface area contributed by atoms with Crippen molar-refractivity contribution in [3.8, 4) is 0 Å². The van der Waals surface area contributed by atoms with Gasteiger partial charge in [0.25, 0.3) is 0 Å². The molecule has 0 fully saturated rings. The van der Waals surface area contributed by atoms with Gasteiger partial charge in [0.05, 0.1) is 6.61 Å². The first-order valence-electron chi connectivity index (χ1n) is 7.83. The number of benzene rings is 1. The Morgan fingerprint density at radius 1 is 1.23 bits per heavy atom. The van der Waals surface area contributed by atoms with Crippen LogP contribution in [0.5, 0.6) is 0 Å². The van der Waals surface area contributed by atoms with Gasteiger partial charge in [-0.2, -0.15) is 0 Å². The molecule has 116 valence electrons. The Labute approximate surface area is 131 Å². The second kappa shape index (κ2) is 6.68. The Bertz CT molecular complexity index is 671. The summed E-state index contributed by atoms with van der Waals surface area (Å²) < 4.78 is 24.1. The van der Waals surface area contributed by atoms with E-state index in [1.807, 2.05) is 43.3 Å². The van der Waals surface area contributed by atoms with Crippen LogP contribution in [0.25, 0.3) is 5.57 Å². The second-order valence-electron chi connectivity index (χ2n) is 5.48. The molecule has 0 radical (unpaired) electrons. The zero-order chi connectivity index (χ0) is 15.4. The minimum absolute atomic E-state index is 0.363. The molecule has 0 bridgehead atoms. The van der Waals surface area contributed by atoms with Crippen LogP contribution in [0.15, 0.2) is 59.6 Å². The van der Waals surface area contributed by atoms with Gasteiger partial charge in [-0.3, -0.25) is 4.52 Å². The van der Waals surface area contributed by atoms with Gasteiger partial charge in [-0.05, 0) is 55.4 Å². The number of rotatable bonds is 4. The molecule has 1 atom stereocenters. The third-order valence-corrected chi connectivity index (χ3v) is 5.50. The van der Waals surface area contributed by atoms with Crippen LogP contribution < -0.4 is 0 Å². The lowest BCUT2D eigenvalue weighted by Crippen LogP contribution is -2.05. The molecule has 22 heavy (non-hydrogen) atoms. The maximum absolute atomic E-state index is 12.9. The lowest BCUT2D eigenvalue weighted by atomic mass is 9.96. The van der Waals surface area contributed by atoms with Gasteiger partial charge in [0.2, 0.25) is 0 Å². The van der Waals surface area contributed by atoms with Gasteiger partial charge >= 0.3 is 7.60 Å². The third kappa shape index (κ3) is 3.43. The van der Waals surface area contributed by atoms with E-state index in [4.69, 9.17) is 9.05 Å². The van der Waals surface area contributed by atoms with Crippen LogP contribution >= 0.6 is 7.60 Å². The molecule has 0 N–H and O–H groups in total. The minimum atomic E-state index is -3.23. The summed E-state index contributed by atoms with van der Waals surface area (Å²) in [5.41, 5.74) is 3.08. The third-order valence-electron chi connectivity index (χ3n) is 3.83. The Kier molecular flexibility index (Phi) is 4.66. The van der Waals surface area contributed by atoms with Crippen LogP contribution in [0, 0.1) is 0 Å². The van der Waals surface area contributed by atoms with Crippen LogP contribution in [0.1, 0.15) is 38.2 Å². The van der Waals surface area contributed by atoms with Crippen molar-refractivity contribution in [1.29, 1.82) is 0 Å². The van der Waals surface area contributed by atoms with E-state index >= 15 is 0 Å². The highest BCUT2D eigenvalue weighted by atomic mass is 31.2. The summed E-state index contributed by atoms with van der Waals surface area (Å²) in [6.07, 6.45) is 8.57. The van der Waals surface area contributed by atoms with E-state index in [1.165, 1.54) is 6.42 Å². The van der Waals surface area contributed by atoms with Crippen LogP contribution in [0.4, 0.5) is 0 Å². The molecule has 0 spiro atoms. The molecule has 0 aromatic heterocycles. The van der Waals surface area contributed by atoms with Crippen molar-refractivity contribution in [3.05, 3.63) is 65.2 Å². The van der Waals surface area contributed by atoms with Gasteiger partial charge in [0.1, 0.15) is 5.76 Å². The van der Waals surface area contributed by atoms with E-state index < -0.39 is 7.60 Å². The normalized spacial score (nSPS) is 24.9. The predicted molar refractivity (Wildman–Crippen MR) is 89.4 cm³/mol. The first-order valence-corrected chi connectivity index (χ1v) is 9.44. The molecule has 4 heteroatoms. The topological polar surface area (TPSA) is 35.5 Å². The van der Waals surface area contributed by atoms with Crippen LogP contribution in [0.2, 0.25) is 0 Å².